The standard InChI is InChI=1S/C18H20N2OS/c1-13-7-9-15(10-8-13)19-18(21)12-20-11-14(2)22-17-6-4-3-5-16(17)20/h3-10,14H,11-12H2,1-2H3,(H,19,21). The second kappa shape index (κ2) is 6.44. The molecule has 0 fully saturated rings. The summed E-state index contributed by atoms with van der Waals surface area (Å²) in [6.07, 6.45) is 0. The van der Waals surface area contributed by atoms with Crippen molar-refractivity contribution in [3.63, 3.8) is 0 Å². The van der Waals surface area contributed by atoms with Gasteiger partial charge in [0.25, 0.3) is 0 Å². The molecule has 0 aromatic heterocycles. The van der Waals surface area contributed by atoms with E-state index in [1.54, 1.807) is 0 Å². The lowest BCUT2D eigenvalue weighted by Gasteiger charge is -2.33. The molecule has 2 aromatic rings. The van der Waals surface area contributed by atoms with Gasteiger partial charge >= 0.3 is 0 Å². The highest BCUT2D eigenvalue weighted by atomic mass is 32.2. The number of carbonyl (C=O) groups is 1. The molecule has 22 heavy (non-hydrogen) atoms. The molecule has 114 valence electrons. The first-order valence-electron chi connectivity index (χ1n) is 7.49. The molecule has 0 radical (unpaired) electrons. The molecule has 4 heteroatoms. The zero-order valence-corrected chi connectivity index (χ0v) is 13.7. The fourth-order valence-corrected chi connectivity index (χ4v) is 3.80. The lowest BCUT2D eigenvalue weighted by molar-refractivity contribution is -0.115. The molecular weight excluding hydrogens is 292 g/mol. The Labute approximate surface area is 135 Å². The predicted molar refractivity (Wildman–Crippen MR) is 93.8 cm³/mol. The number of anilines is 2. The van der Waals surface area contributed by atoms with E-state index in [2.05, 4.69) is 35.3 Å². The van der Waals surface area contributed by atoms with Gasteiger partial charge < -0.3 is 10.2 Å². The lowest BCUT2D eigenvalue weighted by atomic mass is 10.2. The Morgan fingerprint density at radius 2 is 1.95 bits per heavy atom. The Morgan fingerprint density at radius 1 is 1.23 bits per heavy atom. The normalized spacial score (nSPS) is 17.0. The third-order valence-electron chi connectivity index (χ3n) is 3.68. The fourth-order valence-electron chi connectivity index (χ4n) is 2.64. The summed E-state index contributed by atoms with van der Waals surface area (Å²) in [5, 5.41) is 3.46. The van der Waals surface area contributed by atoms with Gasteiger partial charge in [0.1, 0.15) is 0 Å². The van der Waals surface area contributed by atoms with E-state index < -0.39 is 0 Å². The minimum Gasteiger partial charge on any atom is -0.360 e. The Morgan fingerprint density at radius 3 is 2.73 bits per heavy atom. The van der Waals surface area contributed by atoms with Gasteiger partial charge in [-0.2, -0.15) is 0 Å². The fraction of sp³-hybridized carbons (Fsp3) is 0.278. The summed E-state index contributed by atoms with van der Waals surface area (Å²) in [5.74, 6) is 0.0257. The third kappa shape index (κ3) is 3.45. The average Bonchev–Trinajstić information content (AvgIpc) is 2.49. The SMILES string of the molecule is Cc1ccc(NC(=O)CN2CC(C)Sc3ccccc32)cc1. The largest absolute Gasteiger partial charge is 0.360 e. The smallest absolute Gasteiger partial charge is 0.243 e. The number of nitrogens with one attached hydrogen (secondary N) is 1. The first-order chi connectivity index (χ1) is 10.6. The van der Waals surface area contributed by atoms with Crippen LogP contribution in [0.5, 0.6) is 0 Å². The van der Waals surface area contributed by atoms with Crippen LogP contribution in [0.2, 0.25) is 0 Å². The first-order valence-corrected chi connectivity index (χ1v) is 8.37. The summed E-state index contributed by atoms with van der Waals surface area (Å²) in [7, 11) is 0. The van der Waals surface area contributed by atoms with Crippen molar-refractivity contribution in [2.24, 2.45) is 0 Å². The summed E-state index contributed by atoms with van der Waals surface area (Å²) < 4.78 is 0. The van der Waals surface area contributed by atoms with Crippen LogP contribution < -0.4 is 10.2 Å². The van der Waals surface area contributed by atoms with Gasteiger partial charge in [-0.3, -0.25) is 4.79 Å². The number of thioether (sulfide) groups is 1. The summed E-state index contributed by atoms with van der Waals surface area (Å²) in [6.45, 7) is 5.51. The van der Waals surface area contributed by atoms with Crippen LogP contribution in [-0.2, 0) is 4.79 Å². The number of aryl methyl sites for hydroxylation is 1. The van der Waals surface area contributed by atoms with Gasteiger partial charge in [-0.1, -0.05) is 36.8 Å². The number of carbonyl (C=O) groups excluding carboxylic acids is 1. The number of nitrogens with zero attached hydrogens (tertiary/aromatic N) is 1. The van der Waals surface area contributed by atoms with E-state index in [-0.39, 0.29) is 5.91 Å². The van der Waals surface area contributed by atoms with Gasteiger partial charge in [-0.05, 0) is 31.2 Å². The van der Waals surface area contributed by atoms with Crippen molar-refractivity contribution in [3.05, 3.63) is 54.1 Å². The Bertz CT molecular complexity index is 669. The van der Waals surface area contributed by atoms with Crippen molar-refractivity contribution in [1.29, 1.82) is 0 Å². The van der Waals surface area contributed by atoms with E-state index in [0.29, 0.717) is 11.8 Å². The van der Waals surface area contributed by atoms with Crippen LogP contribution in [0, 0.1) is 6.92 Å². The highest BCUT2D eigenvalue weighted by Crippen LogP contribution is 2.37. The van der Waals surface area contributed by atoms with Gasteiger partial charge in [0.05, 0.1) is 12.2 Å². The number of rotatable bonds is 3. The quantitative estimate of drug-likeness (QED) is 0.932. The van der Waals surface area contributed by atoms with Gasteiger partial charge in [0.15, 0.2) is 0 Å². The second-order valence-corrected chi connectivity index (χ2v) is 7.17. The van der Waals surface area contributed by atoms with E-state index in [0.717, 1.165) is 17.9 Å². The second-order valence-electron chi connectivity index (χ2n) is 5.69. The maximum Gasteiger partial charge on any atom is 0.243 e. The monoisotopic (exact) mass is 312 g/mol. The molecule has 1 atom stereocenters. The molecule has 1 unspecified atom stereocenters. The molecule has 0 saturated heterocycles. The molecule has 1 aliphatic heterocycles. The molecule has 0 aliphatic carbocycles. The number of benzene rings is 2. The minimum atomic E-state index is 0.0257. The Kier molecular flexibility index (Phi) is 4.39. The van der Waals surface area contributed by atoms with E-state index in [1.807, 2.05) is 49.0 Å². The highest BCUT2D eigenvalue weighted by Gasteiger charge is 2.23. The molecule has 1 aliphatic rings. The van der Waals surface area contributed by atoms with Crippen molar-refractivity contribution in [2.45, 2.75) is 24.0 Å². The molecule has 0 bridgehead atoms. The van der Waals surface area contributed by atoms with Crippen molar-refractivity contribution in [3.8, 4) is 0 Å². The third-order valence-corrected chi connectivity index (χ3v) is 4.83. The van der Waals surface area contributed by atoms with Crippen LogP contribution in [0.25, 0.3) is 0 Å². The number of amides is 1. The molecule has 1 amide bonds. The molecule has 2 aromatic carbocycles. The maximum atomic E-state index is 12.3. The van der Waals surface area contributed by atoms with Crippen molar-refractivity contribution in [2.75, 3.05) is 23.3 Å². The summed E-state index contributed by atoms with van der Waals surface area (Å²) in [5.41, 5.74) is 3.20. The molecule has 1 heterocycles. The Balaban J connectivity index is 1.70. The van der Waals surface area contributed by atoms with Crippen LogP contribution in [0.4, 0.5) is 11.4 Å². The number of hydrogen-bond acceptors (Lipinski definition) is 3. The lowest BCUT2D eigenvalue weighted by Crippen LogP contribution is -2.39. The number of para-hydroxylation sites is 1. The van der Waals surface area contributed by atoms with E-state index >= 15 is 0 Å². The number of hydrogen-bond donors (Lipinski definition) is 1. The predicted octanol–water partition coefficient (Wildman–Crippen LogP) is 3.93. The van der Waals surface area contributed by atoms with E-state index in [4.69, 9.17) is 0 Å². The molecule has 3 rings (SSSR count). The van der Waals surface area contributed by atoms with Gasteiger partial charge in [-0.15, -0.1) is 11.8 Å². The van der Waals surface area contributed by atoms with Crippen LogP contribution in [0.1, 0.15) is 12.5 Å². The van der Waals surface area contributed by atoms with Crippen LogP contribution in [0.3, 0.4) is 0 Å². The van der Waals surface area contributed by atoms with Crippen LogP contribution in [-0.4, -0.2) is 24.2 Å². The molecule has 1 N–H and O–H groups in total. The van der Waals surface area contributed by atoms with Crippen LogP contribution >= 0.6 is 11.8 Å². The first kappa shape index (κ1) is 15.0. The minimum absolute atomic E-state index is 0.0257. The Hall–Kier alpha value is -1.94. The van der Waals surface area contributed by atoms with Crippen LogP contribution in [0.15, 0.2) is 53.4 Å². The van der Waals surface area contributed by atoms with E-state index in [1.165, 1.54) is 10.5 Å². The topological polar surface area (TPSA) is 32.3 Å². The molecular formula is C18H20N2OS. The maximum absolute atomic E-state index is 12.3. The molecule has 0 saturated carbocycles. The van der Waals surface area contributed by atoms with Crippen molar-refractivity contribution >= 4 is 29.0 Å². The van der Waals surface area contributed by atoms with Crippen molar-refractivity contribution < 1.29 is 4.79 Å². The summed E-state index contributed by atoms with van der Waals surface area (Å²) in [6, 6.07) is 16.2. The molecule has 3 nitrogen and oxygen atoms in total. The number of fused-ring (bicyclic) bond motifs is 1. The summed E-state index contributed by atoms with van der Waals surface area (Å²) >= 11 is 1.87. The van der Waals surface area contributed by atoms with E-state index in [9.17, 15) is 4.79 Å². The summed E-state index contributed by atoms with van der Waals surface area (Å²) in [4.78, 5) is 15.7. The average molecular weight is 312 g/mol. The zero-order valence-electron chi connectivity index (χ0n) is 12.9. The van der Waals surface area contributed by atoms with Crippen molar-refractivity contribution in [1.82, 2.24) is 0 Å². The highest BCUT2D eigenvalue weighted by molar-refractivity contribution is 8.00. The van der Waals surface area contributed by atoms with Gasteiger partial charge in [0, 0.05) is 22.4 Å². The van der Waals surface area contributed by atoms with Gasteiger partial charge in [-0.25, -0.2) is 0 Å². The zero-order chi connectivity index (χ0) is 15.5. The molecule has 0 spiro atoms. The van der Waals surface area contributed by atoms with Gasteiger partial charge in [0.2, 0.25) is 5.91 Å².